The fourth-order valence-electron chi connectivity index (χ4n) is 2.78. The molecule has 0 spiro atoms. The first-order valence-electron chi connectivity index (χ1n) is 9.25. The first-order chi connectivity index (χ1) is 15.8. The molecule has 0 aliphatic heterocycles. The van der Waals surface area contributed by atoms with Gasteiger partial charge in [0.05, 0.1) is 32.8 Å². The smallest absolute Gasteiger partial charge is 0.301 e. The Balaban J connectivity index is 1.78. The van der Waals surface area contributed by atoms with Crippen LogP contribution in [0.3, 0.4) is 0 Å². The molecule has 0 radical (unpaired) electrons. The van der Waals surface area contributed by atoms with Crippen molar-refractivity contribution in [3.63, 3.8) is 0 Å². The number of benzene rings is 3. The maximum atomic E-state index is 13.8. The summed E-state index contributed by atoms with van der Waals surface area (Å²) in [6.07, 6.45) is 1.40. The van der Waals surface area contributed by atoms with Gasteiger partial charge >= 0.3 is 5.69 Å². The predicted molar refractivity (Wildman–Crippen MR) is 127 cm³/mol. The van der Waals surface area contributed by atoms with Crippen LogP contribution in [-0.4, -0.2) is 23.2 Å². The highest BCUT2D eigenvalue weighted by atomic mass is 127. The molecule has 0 heterocycles. The molecule has 3 rings (SSSR count). The van der Waals surface area contributed by atoms with Crippen molar-refractivity contribution >= 4 is 45.9 Å². The highest BCUT2D eigenvalue weighted by Crippen LogP contribution is 2.34. The second-order valence-corrected chi connectivity index (χ2v) is 7.66. The Morgan fingerprint density at radius 3 is 2.55 bits per heavy atom. The fraction of sp³-hybridized carbons (Fsp3) is 0.0952. The largest absolute Gasteiger partial charge is 0.493 e. The molecule has 3 aromatic rings. The SMILES string of the molecule is COc1cc(/C=N/Nc2ccc([N+](=O)[O-])cc2[N+](=O)[O-])cc(I)c1OCc1ccccc1F. The highest BCUT2D eigenvalue weighted by molar-refractivity contribution is 14.1. The third kappa shape index (κ3) is 5.91. The summed E-state index contributed by atoms with van der Waals surface area (Å²) in [5.41, 5.74) is 2.62. The van der Waals surface area contributed by atoms with Crippen LogP contribution in [0.5, 0.6) is 11.5 Å². The topological polar surface area (TPSA) is 129 Å². The van der Waals surface area contributed by atoms with E-state index in [0.717, 1.165) is 12.1 Å². The highest BCUT2D eigenvalue weighted by Gasteiger charge is 2.19. The fourth-order valence-corrected chi connectivity index (χ4v) is 3.56. The van der Waals surface area contributed by atoms with Gasteiger partial charge in [0.2, 0.25) is 0 Å². The van der Waals surface area contributed by atoms with Crippen molar-refractivity contribution in [1.82, 2.24) is 0 Å². The minimum atomic E-state index is -0.738. The van der Waals surface area contributed by atoms with Crippen LogP contribution in [0.2, 0.25) is 0 Å². The van der Waals surface area contributed by atoms with Gasteiger partial charge in [-0.3, -0.25) is 25.7 Å². The summed E-state index contributed by atoms with van der Waals surface area (Å²) in [5, 5.41) is 26.0. The van der Waals surface area contributed by atoms with E-state index in [1.54, 1.807) is 30.3 Å². The average Bonchev–Trinajstić information content (AvgIpc) is 2.79. The third-order valence-electron chi connectivity index (χ3n) is 4.37. The van der Waals surface area contributed by atoms with Crippen molar-refractivity contribution in [3.05, 3.63) is 95.3 Å². The zero-order valence-corrected chi connectivity index (χ0v) is 19.2. The van der Waals surface area contributed by atoms with E-state index in [0.29, 0.717) is 26.2 Å². The number of non-ortho nitro benzene ring substituents is 1. The number of hydrogen-bond acceptors (Lipinski definition) is 8. The molecule has 12 heteroatoms. The monoisotopic (exact) mass is 566 g/mol. The molecule has 0 atom stereocenters. The zero-order chi connectivity index (χ0) is 24.0. The van der Waals surface area contributed by atoms with Crippen molar-refractivity contribution in [3.8, 4) is 11.5 Å². The van der Waals surface area contributed by atoms with Crippen LogP contribution in [0.4, 0.5) is 21.5 Å². The van der Waals surface area contributed by atoms with Crippen LogP contribution < -0.4 is 14.9 Å². The molecule has 1 N–H and O–H groups in total. The van der Waals surface area contributed by atoms with Gasteiger partial charge in [-0.25, -0.2) is 4.39 Å². The molecular weight excluding hydrogens is 550 g/mol. The molecule has 0 saturated carbocycles. The van der Waals surface area contributed by atoms with E-state index in [-0.39, 0.29) is 18.1 Å². The minimum Gasteiger partial charge on any atom is -0.493 e. The lowest BCUT2D eigenvalue weighted by molar-refractivity contribution is -0.393. The van der Waals surface area contributed by atoms with Crippen LogP contribution in [0.25, 0.3) is 0 Å². The number of nitro groups is 2. The lowest BCUT2D eigenvalue weighted by Crippen LogP contribution is -2.02. The molecule has 0 aliphatic carbocycles. The quantitative estimate of drug-likeness (QED) is 0.162. The number of anilines is 1. The van der Waals surface area contributed by atoms with Crippen molar-refractivity contribution in [1.29, 1.82) is 0 Å². The third-order valence-corrected chi connectivity index (χ3v) is 5.17. The molecule has 0 aliphatic rings. The molecule has 0 unspecified atom stereocenters. The number of nitrogens with zero attached hydrogens (tertiary/aromatic N) is 3. The number of nitrogens with one attached hydrogen (secondary N) is 1. The first-order valence-corrected chi connectivity index (χ1v) is 10.3. The molecular formula is C21H16FIN4O6. The Hall–Kier alpha value is -3.81. The summed E-state index contributed by atoms with van der Waals surface area (Å²) in [5.74, 6) is 0.445. The number of halogens is 2. The standard InChI is InChI=1S/C21H16FIN4O6/c1-32-20-9-13(8-17(23)21(20)33-12-14-4-2-3-5-16(14)22)11-24-25-18-7-6-15(26(28)29)10-19(18)27(30)31/h2-11,25H,12H2,1H3/b24-11+. The lowest BCUT2D eigenvalue weighted by atomic mass is 10.2. The van der Waals surface area contributed by atoms with Gasteiger partial charge < -0.3 is 9.47 Å². The molecule has 10 nitrogen and oxygen atoms in total. The molecule has 0 bridgehead atoms. The van der Waals surface area contributed by atoms with E-state index in [1.165, 1.54) is 25.5 Å². The summed E-state index contributed by atoms with van der Waals surface area (Å²) in [4.78, 5) is 20.6. The van der Waals surface area contributed by atoms with Gasteiger partial charge in [0.25, 0.3) is 5.69 Å². The molecule has 0 amide bonds. The van der Waals surface area contributed by atoms with Crippen molar-refractivity contribution in [2.24, 2.45) is 5.10 Å². The maximum absolute atomic E-state index is 13.8. The van der Waals surface area contributed by atoms with Crippen LogP contribution in [0.1, 0.15) is 11.1 Å². The Morgan fingerprint density at radius 1 is 1.12 bits per heavy atom. The average molecular weight is 566 g/mol. The van der Waals surface area contributed by atoms with Gasteiger partial charge in [-0.05, 0) is 52.4 Å². The Labute approximate surface area is 200 Å². The number of rotatable bonds is 9. The van der Waals surface area contributed by atoms with E-state index in [2.05, 4.69) is 10.5 Å². The maximum Gasteiger partial charge on any atom is 0.301 e. The predicted octanol–water partition coefficient (Wildman–Crippen LogP) is 5.28. The van der Waals surface area contributed by atoms with E-state index >= 15 is 0 Å². The Kier molecular flexibility index (Phi) is 7.71. The number of hydrogen-bond donors (Lipinski definition) is 1. The van der Waals surface area contributed by atoms with Crippen LogP contribution >= 0.6 is 22.6 Å². The van der Waals surface area contributed by atoms with Gasteiger partial charge in [-0.1, -0.05) is 18.2 Å². The molecule has 3 aromatic carbocycles. The van der Waals surface area contributed by atoms with Gasteiger partial charge in [-0.2, -0.15) is 5.10 Å². The molecule has 33 heavy (non-hydrogen) atoms. The van der Waals surface area contributed by atoms with E-state index in [4.69, 9.17) is 9.47 Å². The van der Waals surface area contributed by atoms with Gasteiger partial charge in [-0.15, -0.1) is 0 Å². The van der Waals surface area contributed by atoms with Crippen LogP contribution in [-0.2, 0) is 6.61 Å². The second kappa shape index (κ2) is 10.7. The zero-order valence-electron chi connectivity index (χ0n) is 17.0. The Morgan fingerprint density at radius 2 is 1.88 bits per heavy atom. The van der Waals surface area contributed by atoms with Crippen LogP contribution in [0.15, 0.2) is 59.7 Å². The molecule has 0 saturated heterocycles. The van der Waals surface area contributed by atoms with Crippen molar-refractivity contribution < 1.29 is 23.7 Å². The van der Waals surface area contributed by atoms with Crippen molar-refractivity contribution in [2.45, 2.75) is 6.61 Å². The number of nitro benzene ring substituents is 2. The first kappa shape index (κ1) is 23.8. The van der Waals surface area contributed by atoms with E-state index < -0.39 is 21.2 Å². The number of hydrazone groups is 1. The summed E-state index contributed by atoms with van der Waals surface area (Å²) in [7, 11) is 1.46. The normalized spacial score (nSPS) is 10.8. The van der Waals surface area contributed by atoms with Gasteiger partial charge in [0, 0.05) is 11.6 Å². The van der Waals surface area contributed by atoms with E-state index in [1.807, 2.05) is 22.6 Å². The summed E-state index contributed by atoms with van der Waals surface area (Å²) < 4.78 is 25.7. The minimum absolute atomic E-state index is 0.00615. The number of ether oxygens (including phenoxy) is 2. The molecule has 0 aromatic heterocycles. The van der Waals surface area contributed by atoms with Crippen LogP contribution in [0, 0.1) is 29.6 Å². The van der Waals surface area contributed by atoms with Gasteiger partial charge in [0.1, 0.15) is 18.1 Å². The number of methoxy groups -OCH3 is 1. The summed E-state index contributed by atoms with van der Waals surface area (Å²) in [6.45, 7) is 0.0117. The van der Waals surface area contributed by atoms with Crippen molar-refractivity contribution in [2.75, 3.05) is 12.5 Å². The molecule has 170 valence electrons. The molecule has 0 fully saturated rings. The van der Waals surface area contributed by atoms with E-state index in [9.17, 15) is 24.6 Å². The van der Waals surface area contributed by atoms with Gasteiger partial charge in [0.15, 0.2) is 11.5 Å². The lowest BCUT2D eigenvalue weighted by Gasteiger charge is -2.14. The Bertz CT molecular complexity index is 1240. The second-order valence-electron chi connectivity index (χ2n) is 6.50. The summed E-state index contributed by atoms with van der Waals surface area (Å²) >= 11 is 2.04. The summed E-state index contributed by atoms with van der Waals surface area (Å²) in [6, 6.07) is 12.8.